The van der Waals surface area contributed by atoms with Crippen molar-refractivity contribution in [1.29, 1.82) is 0 Å². The molecule has 2 N–H and O–H groups in total. The average Bonchev–Trinajstić information content (AvgIpc) is 2.65. The van der Waals surface area contributed by atoms with E-state index in [4.69, 9.17) is 19.8 Å². The Hall–Kier alpha value is -2.62. The molecule has 0 saturated carbocycles. The molecule has 0 radical (unpaired) electrons. The molecule has 1 aliphatic heterocycles. The third-order valence-corrected chi connectivity index (χ3v) is 4.03. The van der Waals surface area contributed by atoms with E-state index in [0.29, 0.717) is 35.7 Å². The van der Waals surface area contributed by atoms with Crippen molar-refractivity contribution in [2.75, 3.05) is 38.3 Å². The van der Waals surface area contributed by atoms with Gasteiger partial charge < -0.3 is 24.7 Å². The summed E-state index contributed by atoms with van der Waals surface area (Å²) in [7, 11) is 1.52. The predicted molar refractivity (Wildman–Crippen MR) is 96.8 cm³/mol. The number of oxime groups is 1. The van der Waals surface area contributed by atoms with Crippen LogP contribution in [0.15, 0.2) is 35.7 Å². The van der Waals surface area contributed by atoms with Crippen LogP contribution >= 0.6 is 0 Å². The number of nitrogens with zero attached hydrogens (tertiary/aromatic N) is 4. The third-order valence-electron chi connectivity index (χ3n) is 4.03. The van der Waals surface area contributed by atoms with E-state index in [1.807, 2.05) is 4.90 Å². The number of methoxy groups -OCH3 is 1. The number of anilines is 1. The zero-order chi connectivity index (χ0) is 19.2. The molecule has 1 unspecified atom stereocenters. The second kappa shape index (κ2) is 8.85. The normalized spacial score (nSPS) is 14.7. The van der Waals surface area contributed by atoms with E-state index in [9.17, 15) is 4.39 Å². The number of hydrogen-bond acceptors (Lipinski definition) is 8. The molecule has 1 fully saturated rings. The van der Waals surface area contributed by atoms with E-state index >= 15 is 0 Å². The summed E-state index contributed by atoms with van der Waals surface area (Å²) in [6, 6.07) is 5.13. The first-order valence-corrected chi connectivity index (χ1v) is 8.42. The predicted octanol–water partition coefficient (Wildman–Crippen LogP) is 0.975. The maximum absolute atomic E-state index is 14.5. The van der Waals surface area contributed by atoms with Gasteiger partial charge in [-0.1, -0.05) is 23.4 Å². The minimum absolute atomic E-state index is 0.0567. The Bertz CT molecular complexity index is 792. The molecule has 1 aromatic heterocycles. The van der Waals surface area contributed by atoms with Crippen molar-refractivity contribution in [3.8, 4) is 11.1 Å². The number of aliphatic hydroxyl groups is 2. The molecule has 8 nitrogen and oxygen atoms in total. The summed E-state index contributed by atoms with van der Waals surface area (Å²) in [5, 5.41) is 21.7. The van der Waals surface area contributed by atoms with Crippen LogP contribution in [-0.4, -0.2) is 65.4 Å². The average molecular weight is 376 g/mol. The number of hydrogen-bond donors (Lipinski definition) is 2. The quantitative estimate of drug-likeness (QED) is 0.662. The largest absolute Gasteiger partial charge is 0.394 e. The smallest absolute Gasteiger partial charge is 0.225 e. The summed E-state index contributed by atoms with van der Waals surface area (Å²) in [6.07, 6.45) is 2.23. The standard InChI is InChI=1S/C18H21FN4O4/c1-26-10-12-3-2-4-16(17(12)19)13-5-20-18(21-6-13)23-7-14(8-23)22-27-11-15(25)9-24/h2-6,15,24-25H,7-11H2,1H3. The fraction of sp³-hybridized carbons (Fsp3) is 0.389. The molecule has 144 valence electrons. The lowest BCUT2D eigenvalue weighted by molar-refractivity contribution is 0.00789. The Kier molecular flexibility index (Phi) is 6.28. The maximum Gasteiger partial charge on any atom is 0.225 e. The monoisotopic (exact) mass is 376 g/mol. The Labute approximate surface area is 155 Å². The molecule has 3 rings (SSSR count). The van der Waals surface area contributed by atoms with Crippen LogP contribution in [0.1, 0.15) is 5.56 Å². The van der Waals surface area contributed by atoms with Crippen LogP contribution in [-0.2, 0) is 16.2 Å². The molecular weight excluding hydrogens is 355 g/mol. The summed E-state index contributed by atoms with van der Waals surface area (Å²) in [5.74, 6) is 0.179. The fourth-order valence-electron chi connectivity index (χ4n) is 2.55. The van der Waals surface area contributed by atoms with Crippen LogP contribution in [0.5, 0.6) is 0 Å². The van der Waals surface area contributed by atoms with Crippen molar-refractivity contribution in [2.24, 2.45) is 5.16 Å². The van der Waals surface area contributed by atoms with Crippen molar-refractivity contribution in [3.63, 3.8) is 0 Å². The first-order chi connectivity index (χ1) is 13.1. The molecule has 9 heteroatoms. The molecule has 1 aromatic carbocycles. The zero-order valence-electron chi connectivity index (χ0n) is 14.9. The van der Waals surface area contributed by atoms with Gasteiger partial charge in [0.15, 0.2) is 0 Å². The summed E-state index contributed by atoms with van der Waals surface area (Å²) in [4.78, 5) is 15.4. The lowest BCUT2D eigenvalue weighted by Crippen LogP contribution is -2.48. The lowest BCUT2D eigenvalue weighted by atomic mass is 10.1. The molecule has 1 aliphatic rings. The van der Waals surface area contributed by atoms with Gasteiger partial charge >= 0.3 is 0 Å². The van der Waals surface area contributed by atoms with Crippen molar-refractivity contribution in [3.05, 3.63) is 42.0 Å². The van der Waals surface area contributed by atoms with Gasteiger partial charge in [-0.25, -0.2) is 14.4 Å². The molecule has 2 heterocycles. The van der Waals surface area contributed by atoms with Crippen LogP contribution in [0.4, 0.5) is 10.3 Å². The number of aromatic nitrogens is 2. The van der Waals surface area contributed by atoms with Gasteiger partial charge in [-0.2, -0.15) is 0 Å². The van der Waals surface area contributed by atoms with E-state index in [1.54, 1.807) is 30.6 Å². The van der Waals surface area contributed by atoms with Crippen molar-refractivity contribution >= 4 is 11.7 Å². The minimum atomic E-state index is -0.941. The van der Waals surface area contributed by atoms with Gasteiger partial charge in [-0.3, -0.25) is 0 Å². The van der Waals surface area contributed by atoms with Crippen LogP contribution in [0.25, 0.3) is 11.1 Å². The van der Waals surface area contributed by atoms with Gasteiger partial charge in [-0.05, 0) is 0 Å². The van der Waals surface area contributed by atoms with Gasteiger partial charge in [0, 0.05) is 36.2 Å². The molecule has 1 saturated heterocycles. The molecule has 1 atom stereocenters. The van der Waals surface area contributed by atoms with E-state index in [-0.39, 0.29) is 25.6 Å². The molecule has 0 aliphatic carbocycles. The van der Waals surface area contributed by atoms with Crippen molar-refractivity contribution < 1.29 is 24.2 Å². The number of rotatable bonds is 8. The highest BCUT2D eigenvalue weighted by atomic mass is 19.1. The van der Waals surface area contributed by atoms with E-state index in [0.717, 1.165) is 5.71 Å². The molecule has 2 aromatic rings. The molecule has 0 spiro atoms. The van der Waals surface area contributed by atoms with Crippen LogP contribution in [0.2, 0.25) is 0 Å². The van der Waals surface area contributed by atoms with Gasteiger partial charge in [0.2, 0.25) is 5.95 Å². The first kappa shape index (κ1) is 19.2. The number of ether oxygens (including phenoxy) is 1. The van der Waals surface area contributed by atoms with E-state index in [2.05, 4.69) is 15.1 Å². The topological polar surface area (TPSA) is 100 Å². The second-order valence-electron chi connectivity index (χ2n) is 6.13. The van der Waals surface area contributed by atoms with Crippen molar-refractivity contribution in [1.82, 2.24) is 9.97 Å². The van der Waals surface area contributed by atoms with E-state index < -0.39 is 6.10 Å². The fourth-order valence-corrected chi connectivity index (χ4v) is 2.55. The minimum Gasteiger partial charge on any atom is -0.394 e. The Balaban J connectivity index is 1.61. The zero-order valence-corrected chi connectivity index (χ0v) is 14.9. The highest BCUT2D eigenvalue weighted by molar-refractivity contribution is 5.98. The third kappa shape index (κ3) is 4.57. The van der Waals surface area contributed by atoms with Gasteiger partial charge in [-0.15, -0.1) is 0 Å². The van der Waals surface area contributed by atoms with E-state index in [1.165, 1.54) is 7.11 Å². The van der Waals surface area contributed by atoms with Crippen molar-refractivity contribution in [2.45, 2.75) is 12.7 Å². The molecular formula is C18H21FN4O4. The highest BCUT2D eigenvalue weighted by Crippen LogP contribution is 2.25. The summed E-state index contributed by atoms with van der Waals surface area (Å²) in [6.45, 7) is 0.787. The van der Waals surface area contributed by atoms with Crippen LogP contribution in [0, 0.1) is 5.82 Å². The summed E-state index contributed by atoms with van der Waals surface area (Å²) >= 11 is 0. The number of benzene rings is 1. The Morgan fingerprint density at radius 2 is 2.04 bits per heavy atom. The summed E-state index contributed by atoms with van der Waals surface area (Å²) < 4.78 is 19.5. The molecule has 27 heavy (non-hydrogen) atoms. The first-order valence-electron chi connectivity index (χ1n) is 8.42. The SMILES string of the molecule is COCc1cccc(-c2cnc(N3CC(=NOCC(O)CO)C3)nc2)c1F. The van der Waals surface area contributed by atoms with Gasteiger partial charge in [0.1, 0.15) is 18.5 Å². The molecule has 0 amide bonds. The number of halogens is 1. The van der Waals surface area contributed by atoms with Gasteiger partial charge in [0.25, 0.3) is 0 Å². The summed E-state index contributed by atoms with van der Waals surface area (Å²) in [5.41, 5.74) is 2.28. The Morgan fingerprint density at radius 3 is 2.70 bits per heavy atom. The van der Waals surface area contributed by atoms with Crippen LogP contribution < -0.4 is 4.90 Å². The highest BCUT2D eigenvalue weighted by Gasteiger charge is 2.25. The Morgan fingerprint density at radius 1 is 1.30 bits per heavy atom. The second-order valence-corrected chi connectivity index (χ2v) is 6.13. The van der Waals surface area contributed by atoms with Gasteiger partial charge in [0.05, 0.1) is 32.0 Å². The molecule has 0 bridgehead atoms. The maximum atomic E-state index is 14.5. The lowest BCUT2D eigenvalue weighted by Gasteiger charge is -2.31. The van der Waals surface area contributed by atoms with Crippen LogP contribution in [0.3, 0.4) is 0 Å². The number of aliphatic hydroxyl groups excluding tert-OH is 2.